The fourth-order valence-electron chi connectivity index (χ4n) is 2.38. The molecule has 19 heavy (non-hydrogen) atoms. The molecule has 0 aliphatic rings. The van der Waals surface area contributed by atoms with Crippen LogP contribution in [0.15, 0.2) is 42.5 Å². The number of aliphatic hydroxyl groups excluding tert-OH is 1. The smallest absolute Gasteiger partial charge is 0.0931 e. The van der Waals surface area contributed by atoms with Crippen LogP contribution in [-0.2, 0) is 11.8 Å². The van der Waals surface area contributed by atoms with Crippen LogP contribution in [0.1, 0.15) is 17.4 Å². The van der Waals surface area contributed by atoms with Gasteiger partial charge in [-0.05, 0) is 31.0 Å². The summed E-state index contributed by atoms with van der Waals surface area (Å²) in [6.45, 7) is 2.19. The molecule has 0 amide bonds. The standard InChI is InChI=1S/C15H18ClNOS/c1-11(18)15(10-17,12-5-3-2-4-6-12)9-13-7-8-14(16)19-13/h2-8,11,18H,9-10,17H2,1H3. The van der Waals surface area contributed by atoms with Crippen molar-refractivity contribution in [2.45, 2.75) is 24.9 Å². The van der Waals surface area contributed by atoms with Crippen LogP contribution in [-0.4, -0.2) is 17.8 Å². The number of thiophene rings is 1. The third kappa shape index (κ3) is 3.00. The van der Waals surface area contributed by atoms with Crippen LogP contribution in [0, 0.1) is 0 Å². The normalized spacial score (nSPS) is 16.0. The summed E-state index contributed by atoms with van der Waals surface area (Å²) >= 11 is 7.52. The summed E-state index contributed by atoms with van der Waals surface area (Å²) in [7, 11) is 0. The maximum Gasteiger partial charge on any atom is 0.0931 e. The van der Waals surface area contributed by atoms with Gasteiger partial charge in [0.05, 0.1) is 10.4 Å². The van der Waals surface area contributed by atoms with Crippen LogP contribution in [0.3, 0.4) is 0 Å². The Morgan fingerprint density at radius 2 is 1.95 bits per heavy atom. The van der Waals surface area contributed by atoms with Crippen molar-refractivity contribution in [3.63, 3.8) is 0 Å². The van der Waals surface area contributed by atoms with Gasteiger partial charge < -0.3 is 10.8 Å². The van der Waals surface area contributed by atoms with Gasteiger partial charge in [-0.1, -0.05) is 41.9 Å². The highest BCUT2D eigenvalue weighted by atomic mass is 35.5. The van der Waals surface area contributed by atoms with E-state index in [1.165, 1.54) is 0 Å². The zero-order valence-corrected chi connectivity index (χ0v) is 12.4. The van der Waals surface area contributed by atoms with Crippen LogP contribution in [0.2, 0.25) is 4.34 Å². The van der Waals surface area contributed by atoms with Gasteiger partial charge in [0.2, 0.25) is 0 Å². The number of aliphatic hydroxyl groups is 1. The second-order valence-electron chi connectivity index (χ2n) is 4.78. The molecule has 4 heteroatoms. The first-order chi connectivity index (χ1) is 9.08. The Kier molecular flexibility index (Phi) is 4.63. The molecular formula is C15H18ClNOS. The van der Waals surface area contributed by atoms with Gasteiger partial charge in [-0.25, -0.2) is 0 Å². The minimum Gasteiger partial charge on any atom is -0.392 e. The number of rotatable bonds is 5. The number of hydrogen-bond donors (Lipinski definition) is 2. The Hall–Kier alpha value is -0.870. The van der Waals surface area contributed by atoms with E-state index in [0.717, 1.165) is 14.8 Å². The lowest BCUT2D eigenvalue weighted by molar-refractivity contribution is 0.101. The lowest BCUT2D eigenvalue weighted by Gasteiger charge is -2.36. The molecule has 0 radical (unpaired) electrons. The number of hydrogen-bond acceptors (Lipinski definition) is 3. The van der Waals surface area contributed by atoms with Crippen molar-refractivity contribution in [1.82, 2.24) is 0 Å². The Morgan fingerprint density at radius 1 is 1.26 bits per heavy atom. The van der Waals surface area contributed by atoms with Crippen molar-refractivity contribution in [3.8, 4) is 0 Å². The second kappa shape index (κ2) is 6.06. The lowest BCUT2D eigenvalue weighted by Crippen LogP contribution is -2.46. The van der Waals surface area contributed by atoms with E-state index in [4.69, 9.17) is 17.3 Å². The second-order valence-corrected chi connectivity index (χ2v) is 6.58. The predicted molar refractivity (Wildman–Crippen MR) is 81.9 cm³/mol. The highest BCUT2D eigenvalue weighted by Crippen LogP contribution is 2.34. The average molecular weight is 296 g/mol. The predicted octanol–water partition coefficient (Wildman–Crippen LogP) is 3.22. The van der Waals surface area contributed by atoms with Crippen molar-refractivity contribution < 1.29 is 5.11 Å². The minimum atomic E-state index is -0.527. The zero-order valence-electron chi connectivity index (χ0n) is 10.8. The van der Waals surface area contributed by atoms with E-state index in [9.17, 15) is 5.11 Å². The lowest BCUT2D eigenvalue weighted by atomic mass is 9.73. The summed E-state index contributed by atoms with van der Waals surface area (Å²) in [4.78, 5) is 1.14. The molecule has 0 saturated heterocycles. The molecule has 1 heterocycles. The van der Waals surface area contributed by atoms with E-state index in [2.05, 4.69) is 0 Å². The van der Waals surface area contributed by atoms with Gasteiger partial charge in [0.15, 0.2) is 0 Å². The SMILES string of the molecule is CC(O)C(CN)(Cc1ccc(Cl)s1)c1ccccc1. The number of nitrogens with two attached hydrogens (primary N) is 1. The first-order valence-electron chi connectivity index (χ1n) is 6.26. The maximum absolute atomic E-state index is 10.3. The Bertz CT molecular complexity index is 526. The minimum absolute atomic E-state index is 0.393. The van der Waals surface area contributed by atoms with Crippen LogP contribution < -0.4 is 5.73 Å². The molecule has 0 bridgehead atoms. The molecule has 2 unspecified atom stereocenters. The monoisotopic (exact) mass is 295 g/mol. The van der Waals surface area contributed by atoms with Crippen LogP contribution in [0.25, 0.3) is 0 Å². The van der Waals surface area contributed by atoms with Crippen molar-refractivity contribution >= 4 is 22.9 Å². The molecule has 0 fully saturated rings. The van der Waals surface area contributed by atoms with Gasteiger partial charge in [-0.2, -0.15) is 0 Å². The largest absolute Gasteiger partial charge is 0.392 e. The van der Waals surface area contributed by atoms with Crippen molar-refractivity contribution in [3.05, 3.63) is 57.2 Å². The van der Waals surface area contributed by atoms with E-state index in [1.807, 2.05) is 42.5 Å². The third-order valence-corrected chi connectivity index (χ3v) is 4.86. The molecule has 102 valence electrons. The Balaban J connectivity index is 2.40. The van der Waals surface area contributed by atoms with Crippen LogP contribution >= 0.6 is 22.9 Å². The summed E-state index contributed by atoms with van der Waals surface area (Å²) in [5.41, 5.74) is 6.61. The van der Waals surface area contributed by atoms with Gasteiger partial charge in [0.1, 0.15) is 0 Å². The first-order valence-corrected chi connectivity index (χ1v) is 7.46. The van der Waals surface area contributed by atoms with E-state index in [0.29, 0.717) is 13.0 Å². The first kappa shape index (κ1) is 14.5. The fourth-order valence-corrected chi connectivity index (χ4v) is 3.59. The fraction of sp³-hybridized carbons (Fsp3) is 0.333. The number of halogens is 1. The van der Waals surface area contributed by atoms with Crippen molar-refractivity contribution in [2.75, 3.05) is 6.54 Å². The molecule has 0 aliphatic heterocycles. The summed E-state index contributed by atoms with van der Waals surface area (Å²) in [6.07, 6.45) is 0.170. The maximum atomic E-state index is 10.3. The molecule has 2 rings (SSSR count). The van der Waals surface area contributed by atoms with Crippen molar-refractivity contribution in [2.24, 2.45) is 5.73 Å². The summed E-state index contributed by atoms with van der Waals surface area (Å²) in [6, 6.07) is 13.9. The van der Waals surface area contributed by atoms with E-state index < -0.39 is 11.5 Å². The molecule has 2 aromatic rings. The van der Waals surface area contributed by atoms with Crippen LogP contribution in [0.5, 0.6) is 0 Å². The highest BCUT2D eigenvalue weighted by Gasteiger charge is 2.36. The van der Waals surface area contributed by atoms with Gasteiger partial charge in [0, 0.05) is 16.8 Å². The summed E-state index contributed by atoms with van der Waals surface area (Å²) in [5.74, 6) is 0. The molecule has 0 saturated carbocycles. The molecule has 3 N–H and O–H groups in total. The molecular weight excluding hydrogens is 278 g/mol. The number of benzene rings is 1. The van der Waals surface area contributed by atoms with Crippen LogP contribution in [0.4, 0.5) is 0 Å². The highest BCUT2D eigenvalue weighted by molar-refractivity contribution is 7.16. The van der Waals surface area contributed by atoms with Gasteiger partial charge in [0.25, 0.3) is 0 Å². The molecule has 0 aliphatic carbocycles. The molecule has 2 atom stereocenters. The summed E-state index contributed by atoms with van der Waals surface area (Å²) in [5, 5.41) is 10.3. The molecule has 1 aromatic carbocycles. The molecule has 1 aromatic heterocycles. The quantitative estimate of drug-likeness (QED) is 0.890. The van der Waals surface area contributed by atoms with Gasteiger partial charge in [-0.3, -0.25) is 0 Å². The van der Waals surface area contributed by atoms with E-state index in [-0.39, 0.29) is 0 Å². The van der Waals surface area contributed by atoms with Crippen molar-refractivity contribution in [1.29, 1.82) is 0 Å². The van der Waals surface area contributed by atoms with E-state index in [1.54, 1.807) is 18.3 Å². The third-order valence-electron chi connectivity index (χ3n) is 3.63. The zero-order chi connectivity index (χ0) is 13.9. The van der Waals surface area contributed by atoms with Gasteiger partial charge in [-0.15, -0.1) is 11.3 Å². The summed E-state index contributed by atoms with van der Waals surface area (Å²) < 4.78 is 0.763. The Morgan fingerprint density at radius 3 is 2.42 bits per heavy atom. The molecule has 0 spiro atoms. The molecule has 2 nitrogen and oxygen atoms in total. The van der Waals surface area contributed by atoms with Gasteiger partial charge >= 0.3 is 0 Å². The average Bonchev–Trinajstić information content (AvgIpc) is 2.82. The Labute approximate surface area is 122 Å². The van der Waals surface area contributed by atoms with E-state index >= 15 is 0 Å². The topological polar surface area (TPSA) is 46.2 Å².